The minimum atomic E-state index is -4.20. The Labute approximate surface area is 108 Å². The first kappa shape index (κ1) is 17.7. The standard InChI is InChI=1S/C13H26F3NO/c1-4-17-12(11(2)3)8-6-5-7-9-18-10-13(14,15)16/h11-12,17H,4-10H2,1-3H3. The van der Waals surface area contributed by atoms with Crippen LogP contribution in [0.2, 0.25) is 0 Å². The molecule has 0 saturated heterocycles. The Morgan fingerprint density at radius 2 is 1.78 bits per heavy atom. The van der Waals surface area contributed by atoms with E-state index in [4.69, 9.17) is 0 Å². The van der Waals surface area contributed by atoms with Gasteiger partial charge in [0.1, 0.15) is 6.61 Å². The van der Waals surface area contributed by atoms with Crippen LogP contribution in [0, 0.1) is 5.92 Å². The van der Waals surface area contributed by atoms with Gasteiger partial charge in [-0.3, -0.25) is 0 Å². The fourth-order valence-corrected chi connectivity index (χ4v) is 1.87. The number of unbranched alkanes of at least 4 members (excludes halogenated alkanes) is 2. The summed E-state index contributed by atoms with van der Waals surface area (Å²) in [5.41, 5.74) is 0. The molecule has 0 aromatic rings. The molecule has 1 atom stereocenters. The maximum atomic E-state index is 11.8. The summed E-state index contributed by atoms with van der Waals surface area (Å²) in [5, 5.41) is 3.42. The monoisotopic (exact) mass is 269 g/mol. The van der Waals surface area contributed by atoms with Gasteiger partial charge in [0, 0.05) is 12.6 Å². The lowest BCUT2D eigenvalue weighted by Crippen LogP contribution is -2.33. The Morgan fingerprint density at radius 3 is 2.28 bits per heavy atom. The summed E-state index contributed by atoms with van der Waals surface area (Å²) in [6.45, 7) is 6.48. The maximum Gasteiger partial charge on any atom is 0.411 e. The van der Waals surface area contributed by atoms with Crippen LogP contribution >= 0.6 is 0 Å². The first-order valence-electron chi connectivity index (χ1n) is 6.74. The number of nitrogens with one attached hydrogen (secondary N) is 1. The Hall–Kier alpha value is -0.290. The van der Waals surface area contributed by atoms with Gasteiger partial charge in [-0.1, -0.05) is 33.6 Å². The largest absolute Gasteiger partial charge is 0.411 e. The van der Waals surface area contributed by atoms with E-state index in [1.165, 1.54) is 0 Å². The predicted molar refractivity (Wildman–Crippen MR) is 67.6 cm³/mol. The summed E-state index contributed by atoms with van der Waals surface area (Å²) in [5.74, 6) is 0.589. The number of alkyl halides is 3. The molecule has 0 radical (unpaired) electrons. The summed E-state index contributed by atoms with van der Waals surface area (Å²) < 4.78 is 39.9. The van der Waals surface area contributed by atoms with Crippen LogP contribution < -0.4 is 5.32 Å². The summed E-state index contributed by atoms with van der Waals surface area (Å²) in [7, 11) is 0. The zero-order valence-corrected chi connectivity index (χ0v) is 11.6. The lowest BCUT2D eigenvalue weighted by molar-refractivity contribution is -0.174. The molecule has 0 heterocycles. The number of hydrogen-bond donors (Lipinski definition) is 1. The molecule has 1 unspecified atom stereocenters. The molecule has 5 heteroatoms. The Balaban J connectivity index is 3.43. The molecule has 0 aromatic heterocycles. The van der Waals surface area contributed by atoms with Crippen LogP contribution in [-0.2, 0) is 4.74 Å². The van der Waals surface area contributed by atoms with Crippen molar-refractivity contribution in [3.8, 4) is 0 Å². The van der Waals surface area contributed by atoms with Crippen molar-refractivity contribution >= 4 is 0 Å². The van der Waals surface area contributed by atoms with Crippen molar-refractivity contribution in [1.82, 2.24) is 5.32 Å². The van der Waals surface area contributed by atoms with Gasteiger partial charge in [-0.15, -0.1) is 0 Å². The molecule has 0 amide bonds. The van der Waals surface area contributed by atoms with Crippen LogP contribution in [0.3, 0.4) is 0 Å². The molecule has 2 nitrogen and oxygen atoms in total. The quantitative estimate of drug-likeness (QED) is 0.610. The highest BCUT2D eigenvalue weighted by atomic mass is 19.4. The molecule has 0 rings (SSSR count). The molecule has 0 bridgehead atoms. The second-order valence-electron chi connectivity index (χ2n) is 4.93. The maximum absolute atomic E-state index is 11.8. The molecule has 0 saturated carbocycles. The van der Waals surface area contributed by atoms with Gasteiger partial charge in [-0.25, -0.2) is 0 Å². The summed E-state index contributed by atoms with van der Waals surface area (Å²) in [6.07, 6.45) is -0.469. The predicted octanol–water partition coefficient (Wildman–Crippen LogP) is 3.76. The Kier molecular flexibility index (Phi) is 9.46. The number of rotatable bonds is 10. The van der Waals surface area contributed by atoms with E-state index < -0.39 is 12.8 Å². The minimum Gasteiger partial charge on any atom is -0.372 e. The van der Waals surface area contributed by atoms with Gasteiger partial charge < -0.3 is 10.1 Å². The molecule has 18 heavy (non-hydrogen) atoms. The highest BCUT2D eigenvalue weighted by molar-refractivity contribution is 4.69. The first-order chi connectivity index (χ1) is 8.37. The lowest BCUT2D eigenvalue weighted by atomic mass is 9.98. The summed E-state index contributed by atoms with van der Waals surface area (Å²) in [6, 6.07) is 0.506. The highest BCUT2D eigenvalue weighted by Gasteiger charge is 2.27. The van der Waals surface area contributed by atoms with Crippen LogP contribution in [0.5, 0.6) is 0 Å². The van der Waals surface area contributed by atoms with Crippen molar-refractivity contribution < 1.29 is 17.9 Å². The van der Waals surface area contributed by atoms with E-state index in [9.17, 15) is 13.2 Å². The SMILES string of the molecule is CCNC(CCCCCOCC(F)(F)F)C(C)C. The van der Waals surface area contributed by atoms with Gasteiger partial charge in [0.25, 0.3) is 0 Å². The van der Waals surface area contributed by atoms with Crippen molar-refractivity contribution in [1.29, 1.82) is 0 Å². The third kappa shape index (κ3) is 10.8. The molecule has 0 fully saturated rings. The molecule has 0 aromatic carbocycles. The summed E-state index contributed by atoms with van der Waals surface area (Å²) >= 11 is 0. The van der Waals surface area contributed by atoms with Gasteiger partial charge in [0.05, 0.1) is 0 Å². The molecule has 0 spiro atoms. The molecular weight excluding hydrogens is 243 g/mol. The average Bonchev–Trinajstić information content (AvgIpc) is 2.24. The Bertz CT molecular complexity index is 195. The van der Waals surface area contributed by atoms with E-state index in [0.29, 0.717) is 18.4 Å². The van der Waals surface area contributed by atoms with Gasteiger partial charge >= 0.3 is 6.18 Å². The fraction of sp³-hybridized carbons (Fsp3) is 1.00. The van der Waals surface area contributed by atoms with Gasteiger partial charge in [0.15, 0.2) is 0 Å². The normalized spacial score (nSPS) is 14.2. The third-order valence-corrected chi connectivity index (χ3v) is 2.84. The molecule has 0 aliphatic heterocycles. The van der Waals surface area contributed by atoms with Crippen molar-refractivity contribution in [3.63, 3.8) is 0 Å². The molecule has 0 aliphatic rings. The second-order valence-corrected chi connectivity index (χ2v) is 4.93. The second kappa shape index (κ2) is 9.62. The smallest absolute Gasteiger partial charge is 0.372 e. The van der Waals surface area contributed by atoms with Gasteiger partial charge in [0.2, 0.25) is 0 Å². The highest BCUT2D eigenvalue weighted by Crippen LogP contribution is 2.15. The zero-order valence-electron chi connectivity index (χ0n) is 11.6. The van der Waals surface area contributed by atoms with E-state index in [-0.39, 0.29) is 6.61 Å². The van der Waals surface area contributed by atoms with Crippen LogP contribution in [0.4, 0.5) is 13.2 Å². The van der Waals surface area contributed by atoms with Crippen molar-refractivity contribution in [2.75, 3.05) is 19.8 Å². The number of hydrogen-bond acceptors (Lipinski definition) is 2. The van der Waals surface area contributed by atoms with Gasteiger partial charge in [-0.05, 0) is 25.3 Å². The topological polar surface area (TPSA) is 21.3 Å². The zero-order chi connectivity index (χ0) is 14.0. The van der Waals surface area contributed by atoms with Gasteiger partial charge in [-0.2, -0.15) is 13.2 Å². The number of halogens is 3. The van der Waals surface area contributed by atoms with Crippen molar-refractivity contribution in [2.24, 2.45) is 5.92 Å². The molecular formula is C13H26F3NO. The summed E-state index contributed by atoms with van der Waals surface area (Å²) in [4.78, 5) is 0. The van der Waals surface area contributed by atoms with Crippen molar-refractivity contribution in [3.05, 3.63) is 0 Å². The lowest BCUT2D eigenvalue weighted by Gasteiger charge is -2.21. The van der Waals surface area contributed by atoms with E-state index in [2.05, 4.69) is 30.8 Å². The number of ether oxygens (including phenoxy) is 1. The average molecular weight is 269 g/mol. The Morgan fingerprint density at radius 1 is 1.11 bits per heavy atom. The first-order valence-corrected chi connectivity index (χ1v) is 6.74. The molecule has 110 valence electrons. The van der Waals surface area contributed by atoms with E-state index in [1.54, 1.807) is 0 Å². The van der Waals surface area contributed by atoms with Crippen LogP contribution in [-0.4, -0.2) is 32.0 Å². The van der Waals surface area contributed by atoms with E-state index in [0.717, 1.165) is 25.8 Å². The van der Waals surface area contributed by atoms with E-state index >= 15 is 0 Å². The molecule has 0 aliphatic carbocycles. The van der Waals surface area contributed by atoms with Crippen LogP contribution in [0.1, 0.15) is 46.5 Å². The van der Waals surface area contributed by atoms with Crippen LogP contribution in [0.15, 0.2) is 0 Å². The fourth-order valence-electron chi connectivity index (χ4n) is 1.87. The van der Waals surface area contributed by atoms with Crippen LogP contribution in [0.25, 0.3) is 0 Å². The third-order valence-electron chi connectivity index (χ3n) is 2.84. The molecule has 1 N–H and O–H groups in total. The van der Waals surface area contributed by atoms with E-state index in [1.807, 2.05) is 0 Å². The van der Waals surface area contributed by atoms with Crippen molar-refractivity contribution in [2.45, 2.75) is 58.7 Å². The minimum absolute atomic E-state index is 0.201.